The molecule has 0 aliphatic carbocycles. The third kappa shape index (κ3) is 5.32. The predicted octanol–water partition coefficient (Wildman–Crippen LogP) is 6.45. The molecule has 0 aliphatic heterocycles. The van der Waals surface area contributed by atoms with Crippen LogP contribution in [0.1, 0.15) is 28.4 Å². The van der Waals surface area contributed by atoms with Gasteiger partial charge in [0.15, 0.2) is 0 Å². The van der Waals surface area contributed by atoms with Crippen LogP contribution in [0, 0.1) is 13.8 Å². The molecule has 2 amide bonds. The molecule has 3 aromatic carbocycles. The molecule has 0 atom stereocenters. The van der Waals surface area contributed by atoms with Gasteiger partial charge in [-0.05, 0) is 74.9 Å². The molecule has 34 heavy (non-hydrogen) atoms. The topological polar surface area (TPSA) is 93.5 Å². The molecule has 0 aliphatic rings. The molecule has 0 spiro atoms. The zero-order chi connectivity index (χ0) is 24.1. The van der Waals surface area contributed by atoms with E-state index in [1.165, 1.54) is 5.56 Å². The largest absolute Gasteiger partial charge is 0.462 e. The Bertz CT molecular complexity index is 1310. The molecule has 172 valence electrons. The first kappa shape index (κ1) is 22.8. The monoisotopic (exact) mass is 455 g/mol. The number of urea groups is 1. The summed E-state index contributed by atoms with van der Waals surface area (Å²) in [5.41, 5.74) is 6.55. The maximum absolute atomic E-state index is 12.3. The fraction of sp³-hybridized carbons (Fsp3) is 0.148. The number of aryl methyl sites for hydroxylation is 2. The van der Waals surface area contributed by atoms with Crippen LogP contribution in [-0.2, 0) is 4.74 Å². The smallest absolute Gasteiger partial charge is 0.338 e. The van der Waals surface area contributed by atoms with Gasteiger partial charge < -0.3 is 19.8 Å². The second-order valence-corrected chi connectivity index (χ2v) is 7.81. The number of benzene rings is 3. The molecule has 4 rings (SSSR count). The SMILES string of the molecule is CCOC(=O)c1ccc(NC(=O)Nc2ccc(-c3nc(-c4ccc(C)cc4C)co3)cc2)cc1. The highest BCUT2D eigenvalue weighted by atomic mass is 16.5. The van der Waals surface area contributed by atoms with Gasteiger partial charge in [0.2, 0.25) is 5.89 Å². The van der Waals surface area contributed by atoms with Crippen LogP contribution in [0.15, 0.2) is 77.4 Å². The van der Waals surface area contributed by atoms with Crippen molar-refractivity contribution in [1.82, 2.24) is 4.98 Å². The lowest BCUT2D eigenvalue weighted by Gasteiger charge is -2.09. The van der Waals surface area contributed by atoms with Gasteiger partial charge >= 0.3 is 12.0 Å². The van der Waals surface area contributed by atoms with Gasteiger partial charge in [-0.15, -0.1) is 0 Å². The summed E-state index contributed by atoms with van der Waals surface area (Å²) in [6.45, 7) is 6.17. The second kappa shape index (κ2) is 10.0. The van der Waals surface area contributed by atoms with Crippen LogP contribution in [0.2, 0.25) is 0 Å². The van der Waals surface area contributed by atoms with Gasteiger partial charge in [0.25, 0.3) is 0 Å². The molecule has 0 bridgehead atoms. The number of carbonyl (C=O) groups is 2. The number of rotatable bonds is 6. The lowest BCUT2D eigenvalue weighted by atomic mass is 10.0. The Morgan fingerprint density at radius 3 is 2.18 bits per heavy atom. The van der Waals surface area contributed by atoms with E-state index in [1.807, 2.05) is 18.2 Å². The molecule has 1 aromatic heterocycles. The Morgan fingerprint density at radius 1 is 0.912 bits per heavy atom. The van der Waals surface area contributed by atoms with Crippen molar-refractivity contribution in [2.45, 2.75) is 20.8 Å². The van der Waals surface area contributed by atoms with Gasteiger partial charge in [-0.1, -0.05) is 23.8 Å². The van der Waals surface area contributed by atoms with Crippen molar-refractivity contribution in [2.24, 2.45) is 0 Å². The quantitative estimate of drug-likeness (QED) is 0.326. The number of esters is 1. The number of hydrogen-bond donors (Lipinski definition) is 2. The van der Waals surface area contributed by atoms with Crippen molar-refractivity contribution < 1.29 is 18.7 Å². The molecular weight excluding hydrogens is 430 g/mol. The van der Waals surface area contributed by atoms with E-state index in [-0.39, 0.29) is 0 Å². The summed E-state index contributed by atoms with van der Waals surface area (Å²) in [4.78, 5) is 28.7. The highest BCUT2D eigenvalue weighted by Crippen LogP contribution is 2.28. The molecule has 0 saturated carbocycles. The Kier molecular flexibility index (Phi) is 6.73. The van der Waals surface area contributed by atoms with Crippen molar-refractivity contribution >= 4 is 23.4 Å². The highest BCUT2D eigenvalue weighted by Gasteiger charge is 2.11. The molecule has 4 aromatic rings. The van der Waals surface area contributed by atoms with Crippen LogP contribution in [-0.4, -0.2) is 23.6 Å². The third-order valence-electron chi connectivity index (χ3n) is 5.21. The van der Waals surface area contributed by atoms with Crippen LogP contribution in [0.25, 0.3) is 22.7 Å². The van der Waals surface area contributed by atoms with Crippen LogP contribution in [0.4, 0.5) is 16.2 Å². The minimum Gasteiger partial charge on any atom is -0.462 e. The van der Waals surface area contributed by atoms with Crippen molar-refractivity contribution in [3.8, 4) is 22.7 Å². The Morgan fingerprint density at radius 2 is 1.56 bits per heavy atom. The standard InChI is InChI=1S/C27H25N3O4/c1-4-33-26(31)20-8-12-22(13-9-20)29-27(32)28-21-10-6-19(7-11-21)25-30-24(16-34-25)23-14-5-17(2)15-18(23)3/h5-16H,4H2,1-3H3,(H2,28,29,32). The molecule has 1 heterocycles. The van der Waals surface area contributed by atoms with Crippen LogP contribution >= 0.6 is 0 Å². The number of amides is 2. The Labute approximate surface area is 197 Å². The normalized spacial score (nSPS) is 10.6. The van der Waals surface area contributed by atoms with Crippen molar-refractivity contribution in [2.75, 3.05) is 17.2 Å². The molecule has 0 unspecified atom stereocenters. The van der Waals surface area contributed by atoms with Gasteiger partial charge in [0.1, 0.15) is 12.0 Å². The number of aromatic nitrogens is 1. The second-order valence-electron chi connectivity index (χ2n) is 7.81. The molecule has 0 fully saturated rings. The van der Waals surface area contributed by atoms with Crippen LogP contribution < -0.4 is 10.6 Å². The maximum atomic E-state index is 12.3. The first-order chi connectivity index (χ1) is 16.4. The zero-order valence-corrected chi connectivity index (χ0v) is 19.2. The van der Waals surface area contributed by atoms with Gasteiger partial charge in [-0.2, -0.15) is 0 Å². The van der Waals surface area contributed by atoms with E-state index in [1.54, 1.807) is 49.6 Å². The minimum absolute atomic E-state index is 0.309. The number of ether oxygens (including phenoxy) is 1. The summed E-state index contributed by atoms with van der Waals surface area (Å²) in [6, 6.07) is 19.5. The van der Waals surface area contributed by atoms with Gasteiger partial charge in [-0.25, -0.2) is 14.6 Å². The van der Waals surface area contributed by atoms with Crippen LogP contribution in [0.3, 0.4) is 0 Å². The lowest BCUT2D eigenvalue weighted by molar-refractivity contribution is 0.0526. The first-order valence-electron chi connectivity index (χ1n) is 10.9. The van der Waals surface area contributed by atoms with Gasteiger partial charge in [0.05, 0.1) is 12.2 Å². The number of anilines is 2. The number of nitrogens with one attached hydrogen (secondary N) is 2. The summed E-state index contributed by atoms with van der Waals surface area (Å²) < 4.78 is 10.6. The lowest BCUT2D eigenvalue weighted by Crippen LogP contribution is -2.19. The average Bonchev–Trinajstić information content (AvgIpc) is 3.30. The summed E-state index contributed by atoms with van der Waals surface area (Å²) in [5, 5.41) is 5.51. The number of oxazole rings is 1. The van der Waals surface area contributed by atoms with Crippen molar-refractivity contribution in [1.29, 1.82) is 0 Å². The van der Waals surface area contributed by atoms with Crippen molar-refractivity contribution in [3.63, 3.8) is 0 Å². The summed E-state index contributed by atoms with van der Waals surface area (Å²) in [5.74, 6) is 0.110. The fourth-order valence-electron chi connectivity index (χ4n) is 3.52. The zero-order valence-electron chi connectivity index (χ0n) is 19.2. The maximum Gasteiger partial charge on any atom is 0.338 e. The summed E-state index contributed by atoms with van der Waals surface area (Å²) >= 11 is 0. The van der Waals surface area contributed by atoms with Crippen LogP contribution in [0.5, 0.6) is 0 Å². The van der Waals surface area contributed by atoms with E-state index in [0.29, 0.717) is 29.4 Å². The molecular formula is C27H25N3O4. The molecule has 0 radical (unpaired) electrons. The third-order valence-corrected chi connectivity index (χ3v) is 5.21. The van der Waals surface area contributed by atoms with E-state index < -0.39 is 12.0 Å². The highest BCUT2D eigenvalue weighted by molar-refractivity contribution is 6.00. The number of nitrogens with zero attached hydrogens (tertiary/aromatic N) is 1. The molecule has 7 nitrogen and oxygen atoms in total. The van der Waals surface area contributed by atoms with Crippen molar-refractivity contribution in [3.05, 3.63) is 89.7 Å². The van der Waals surface area contributed by atoms with E-state index in [9.17, 15) is 9.59 Å². The number of carbonyl (C=O) groups excluding carboxylic acids is 2. The minimum atomic E-state index is -0.398. The van der Waals surface area contributed by atoms with E-state index in [4.69, 9.17) is 9.15 Å². The molecule has 2 N–H and O–H groups in total. The average molecular weight is 456 g/mol. The Hall–Kier alpha value is -4.39. The summed E-state index contributed by atoms with van der Waals surface area (Å²) in [6.07, 6.45) is 1.65. The summed E-state index contributed by atoms with van der Waals surface area (Å²) in [7, 11) is 0. The first-order valence-corrected chi connectivity index (χ1v) is 10.9. The molecule has 7 heteroatoms. The Balaban J connectivity index is 1.38. The van der Waals surface area contributed by atoms with E-state index in [0.717, 1.165) is 22.4 Å². The predicted molar refractivity (Wildman–Crippen MR) is 132 cm³/mol. The van der Waals surface area contributed by atoms with E-state index in [2.05, 4.69) is 41.6 Å². The van der Waals surface area contributed by atoms with Gasteiger partial charge in [-0.3, -0.25) is 0 Å². The molecule has 0 saturated heterocycles. The number of hydrogen-bond acceptors (Lipinski definition) is 5. The van der Waals surface area contributed by atoms with Gasteiger partial charge in [0, 0.05) is 22.5 Å². The van der Waals surface area contributed by atoms with E-state index >= 15 is 0 Å². The fourth-order valence-corrected chi connectivity index (χ4v) is 3.52.